The van der Waals surface area contributed by atoms with Crippen molar-refractivity contribution >= 4 is 34.5 Å². The maximum Gasteiger partial charge on any atom is 0.251 e. The number of likely N-dealkylation sites (tertiary alicyclic amines) is 1. The second-order valence-electron chi connectivity index (χ2n) is 12.1. The first kappa shape index (κ1) is 30.0. The number of nitrogens with one attached hydrogen (secondary N) is 2. The maximum atomic E-state index is 15.0. The van der Waals surface area contributed by atoms with Gasteiger partial charge in [-0.15, -0.1) is 0 Å². The number of amides is 2. The lowest BCUT2D eigenvalue weighted by atomic mass is 9.95. The van der Waals surface area contributed by atoms with E-state index in [0.717, 1.165) is 41.7 Å². The molecule has 2 amide bonds. The fraction of sp³-hybridized carbons (Fsp3) is 0.455. The van der Waals surface area contributed by atoms with E-state index >= 15 is 4.39 Å². The van der Waals surface area contributed by atoms with Gasteiger partial charge in [0.05, 0.1) is 30.4 Å². The predicted octanol–water partition coefficient (Wildman–Crippen LogP) is 3.49. The highest BCUT2D eigenvalue weighted by Gasteiger charge is 2.37. The van der Waals surface area contributed by atoms with Crippen molar-refractivity contribution in [3.05, 3.63) is 65.1 Å². The first-order valence-corrected chi connectivity index (χ1v) is 15.3. The number of hydrogen-bond acceptors (Lipinski definition) is 7. The number of rotatable bonds is 7. The lowest BCUT2D eigenvalue weighted by Gasteiger charge is -2.42. The highest BCUT2D eigenvalue weighted by atomic mass is 19.1. The molecule has 1 unspecified atom stereocenters. The molecule has 2 N–H and O–H groups in total. The third-order valence-corrected chi connectivity index (χ3v) is 9.04. The van der Waals surface area contributed by atoms with Crippen LogP contribution < -0.4 is 10.1 Å². The minimum Gasteiger partial charge on any atom is -0.496 e. The van der Waals surface area contributed by atoms with E-state index < -0.39 is 6.04 Å². The number of ether oxygens (including phenoxy) is 1. The van der Waals surface area contributed by atoms with Gasteiger partial charge in [0, 0.05) is 68.0 Å². The molecule has 232 valence electrons. The van der Waals surface area contributed by atoms with Crippen molar-refractivity contribution in [2.24, 2.45) is 4.99 Å². The third kappa shape index (κ3) is 6.25. The molecular formula is C33H40FN7O3. The molecule has 3 aliphatic rings. The van der Waals surface area contributed by atoms with Crippen LogP contribution in [0.2, 0.25) is 0 Å². The Hall–Kier alpha value is -4.09. The second kappa shape index (κ2) is 12.9. The minimum absolute atomic E-state index is 0.0625. The van der Waals surface area contributed by atoms with Crippen LogP contribution in [0.4, 0.5) is 4.39 Å². The number of carbonyl (C=O) groups is 2. The number of piperidine rings is 1. The zero-order valence-corrected chi connectivity index (χ0v) is 25.6. The number of halogens is 1. The molecular weight excluding hydrogens is 561 g/mol. The summed E-state index contributed by atoms with van der Waals surface area (Å²) in [7, 11) is 3.58. The van der Waals surface area contributed by atoms with Gasteiger partial charge in [0.2, 0.25) is 5.91 Å². The summed E-state index contributed by atoms with van der Waals surface area (Å²) >= 11 is 0. The van der Waals surface area contributed by atoms with Gasteiger partial charge in [-0.05, 0) is 75.2 Å². The number of benzene rings is 2. The van der Waals surface area contributed by atoms with E-state index in [1.807, 2.05) is 34.2 Å². The monoisotopic (exact) mass is 601 g/mol. The number of H-pyrrole nitrogens is 1. The Morgan fingerprint density at radius 3 is 2.73 bits per heavy atom. The van der Waals surface area contributed by atoms with Crippen molar-refractivity contribution in [1.29, 1.82) is 0 Å². The number of hydrogen-bond donors (Lipinski definition) is 2. The molecule has 3 aliphatic heterocycles. The normalized spacial score (nSPS) is 23.0. The van der Waals surface area contributed by atoms with Gasteiger partial charge in [0.1, 0.15) is 11.6 Å². The molecule has 10 nitrogen and oxygen atoms in total. The van der Waals surface area contributed by atoms with Crippen molar-refractivity contribution in [2.75, 3.05) is 46.9 Å². The van der Waals surface area contributed by atoms with Crippen LogP contribution in [-0.2, 0) is 11.3 Å². The topological polar surface area (TPSA) is 106 Å². The predicted molar refractivity (Wildman–Crippen MR) is 168 cm³/mol. The summed E-state index contributed by atoms with van der Waals surface area (Å²) in [6, 6.07) is 9.87. The first-order valence-electron chi connectivity index (χ1n) is 15.3. The summed E-state index contributed by atoms with van der Waals surface area (Å²) in [5.41, 5.74) is 3.73. The van der Waals surface area contributed by atoms with Crippen molar-refractivity contribution in [2.45, 2.75) is 50.9 Å². The molecule has 0 radical (unpaired) electrons. The van der Waals surface area contributed by atoms with Gasteiger partial charge in [0.15, 0.2) is 0 Å². The van der Waals surface area contributed by atoms with Crippen LogP contribution >= 0.6 is 0 Å². The van der Waals surface area contributed by atoms with Gasteiger partial charge >= 0.3 is 0 Å². The Morgan fingerprint density at radius 1 is 1.14 bits per heavy atom. The highest BCUT2D eigenvalue weighted by molar-refractivity contribution is 6.01. The molecule has 44 heavy (non-hydrogen) atoms. The largest absolute Gasteiger partial charge is 0.496 e. The molecule has 3 aromatic rings. The van der Waals surface area contributed by atoms with Crippen LogP contribution in [0.5, 0.6) is 5.75 Å². The van der Waals surface area contributed by atoms with E-state index in [4.69, 9.17) is 4.74 Å². The van der Waals surface area contributed by atoms with Gasteiger partial charge in [-0.1, -0.05) is 6.07 Å². The number of piperazine rings is 1. The summed E-state index contributed by atoms with van der Waals surface area (Å²) in [5, 5.41) is 11.7. The fourth-order valence-corrected chi connectivity index (χ4v) is 6.50. The second-order valence-corrected chi connectivity index (χ2v) is 12.1. The number of dihydropyridines is 1. The van der Waals surface area contributed by atoms with Gasteiger partial charge in [-0.25, -0.2) is 4.39 Å². The first-order chi connectivity index (χ1) is 21.3. The molecule has 6 rings (SSSR count). The number of nitrogens with zero attached hydrogens (tertiary/aromatic N) is 5. The van der Waals surface area contributed by atoms with Crippen molar-refractivity contribution in [1.82, 2.24) is 30.2 Å². The van der Waals surface area contributed by atoms with Gasteiger partial charge < -0.3 is 19.9 Å². The number of carbonyl (C=O) groups excluding carboxylic acids is 2. The number of fused-ring (bicyclic) bond motifs is 1. The average Bonchev–Trinajstić information content (AvgIpc) is 3.46. The smallest absolute Gasteiger partial charge is 0.251 e. The van der Waals surface area contributed by atoms with Crippen molar-refractivity contribution < 1.29 is 18.7 Å². The van der Waals surface area contributed by atoms with Crippen LogP contribution in [0.15, 0.2) is 47.5 Å². The molecule has 4 heterocycles. The molecule has 2 fully saturated rings. The molecule has 0 aliphatic carbocycles. The maximum absolute atomic E-state index is 15.0. The summed E-state index contributed by atoms with van der Waals surface area (Å²) in [6.07, 6.45) is 5.78. The van der Waals surface area contributed by atoms with Gasteiger partial charge in [-0.3, -0.25) is 24.6 Å². The molecule has 1 aromatic heterocycles. The quantitative estimate of drug-likeness (QED) is 0.430. The molecule has 0 saturated carbocycles. The van der Waals surface area contributed by atoms with E-state index in [2.05, 4.69) is 39.4 Å². The summed E-state index contributed by atoms with van der Waals surface area (Å²) < 4.78 is 20.5. The molecule has 11 heteroatoms. The third-order valence-electron chi connectivity index (χ3n) is 9.04. The number of aromatic nitrogens is 2. The Kier molecular flexibility index (Phi) is 8.76. The molecule has 2 saturated heterocycles. The minimum atomic E-state index is -0.407. The van der Waals surface area contributed by atoms with Crippen LogP contribution in [0.1, 0.15) is 47.8 Å². The van der Waals surface area contributed by atoms with Crippen molar-refractivity contribution in [3.8, 4) is 5.75 Å². The zero-order valence-electron chi connectivity index (χ0n) is 25.6. The number of aromatic amines is 1. The molecule has 0 bridgehead atoms. The Balaban J connectivity index is 1.21. The van der Waals surface area contributed by atoms with E-state index in [1.165, 1.54) is 13.2 Å². The van der Waals surface area contributed by atoms with E-state index in [-0.39, 0.29) is 36.3 Å². The van der Waals surface area contributed by atoms with Crippen LogP contribution in [-0.4, -0.2) is 108 Å². The highest BCUT2D eigenvalue weighted by Crippen LogP contribution is 2.30. The number of aliphatic imine (C=N–C) groups is 1. The van der Waals surface area contributed by atoms with Crippen molar-refractivity contribution in [3.63, 3.8) is 0 Å². The Bertz CT molecular complexity index is 1590. The number of methoxy groups -OCH3 is 1. The average molecular weight is 602 g/mol. The van der Waals surface area contributed by atoms with Crippen LogP contribution in [0.25, 0.3) is 16.5 Å². The summed E-state index contributed by atoms with van der Waals surface area (Å²) in [5.74, 6) is -0.0597. The summed E-state index contributed by atoms with van der Waals surface area (Å²) in [6.45, 7) is 5.67. The van der Waals surface area contributed by atoms with E-state index in [1.54, 1.807) is 18.2 Å². The molecule has 0 spiro atoms. The lowest BCUT2D eigenvalue weighted by molar-refractivity contribution is -0.140. The van der Waals surface area contributed by atoms with Crippen LogP contribution in [0.3, 0.4) is 0 Å². The number of allylic oxidation sites excluding steroid dienone is 1. The fourth-order valence-electron chi connectivity index (χ4n) is 6.50. The summed E-state index contributed by atoms with van der Waals surface area (Å²) in [4.78, 5) is 37.9. The van der Waals surface area contributed by atoms with Crippen LogP contribution in [0, 0.1) is 5.82 Å². The van der Waals surface area contributed by atoms with Gasteiger partial charge in [0.25, 0.3) is 5.91 Å². The van der Waals surface area contributed by atoms with E-state index in [0.29, 0.717) is 49.4 Å². The zero-order chi connectivity index (χ0) is 30.8. The lowest BCUT2D eigenvalue weighted by Crippen LogP contribution is -2.59. The Labute approximate surface area is 256 Å². The standard InChI is InChI=1S/C33H40FN7O3/c1-21-17-22(11-12-35-21)31-25-18-23(7-9-28(25)37-38-31)32(42)36-24-8-10-29(33(43)40-15-13-39(2)14-16-40)41(19-24)20-26-27(34)5-4-6-30(26)44-3/h4-7,9,11-12,18,21,24,29H,8,10,13-17,19-20H2,1-3H3,(H,36,42)(H,37,38)/t21?,24-,29+/m1/s1. The van der Waals surface area contributed by atoms with Gasteiger partial charge in [-0.2, -0.15) is 5.10 Å². The molecule has 3 atom stereocenters. The Morgan fingerprint density at radius 2 is 1.95 bits per heavy atom. The molecule has 2 aromatic carbocycles. The number of likely N-dealkylation sites (N-methyl/N-ethyl adjacent to an activating group) is 1. The van der Waals surface area contributed by atoms with E-state index in [9.17, 15) is 9.59 Å². The SMILES string of the molecule is COc1cccc(F)c1CN1C[C@H](NC(=O)c2ccc3[nH]nc(C4=CC=NC(C)C4)c3c2)CC[C@H]1C(=O)N1CCN(C)CC1.